The summed E-state index contributed by atoms with van der Waals surface area (Å²) in [5.41, 5.74) is 2.15. The van der Waals surface area contributed by atoms with Crippen molar-refractivity contribution in [3.63, 3.8) is 0 Å². The Morgan fingerprint density at radius 1 is 0.971 bits per heavy atom. The molecule has 4 aromatic carbocycles. The average molecular weight is 472 g/mol. The number of H-pyrrole nitrogens is 1. The van der Waals surface area contributed by atoms with Crippen LogP contribution in [0.3, 0.4) is 0 Å². The normalized spacial score (nSPS) is 11.0. The van der Waals surface area contributed by atoms with Crippen molar-refractivity contribution in [1.29, 1.82) is 0 Å². The zero-order valence-electron chi connectivity index (χ0n) is 18.5. The van der Waals surface area contributed by atoms with Crippen molar-refractivity contribution in [2.75, 3.05) is 11.9 Å². The fourth-order valence-electron chi connectivity index (χ4n) is 3.89. The fraction of sp³-hybridized carbons (Fsp3) is 0.111. The van der Waals surface area contributed by atoms with Gasteiger partial charge in [0.25, 0.3) is 5.91 Å². The highest BCUT2D eigenvalue weighted by Crippen LogP contribution is 2.31. The van der Waals surface area contributed by atoms with Crippen LogP contribution in [0.25, 0.3) is 21.7 Å². The summed E-state index contributed by atoms with van der Waals surface area (Å²) in [6, 6.07) is 24.6. The first-order chi connectivity index (χ1) is 16.6. The van der Waals surface area contributed by atoms with Crippen LogP contribution in [-0.2, 0) is 6.61 Å². The fourth-order valence-corrected chi connectivity index (χ4v) is 4.08. The SMILES string of the molecule is CCOc1ccc2ccccc2c1C(=O)Nc1n[nH]c2ccc(OCc3ccccc3Cl)cc12. The van der Waals surface area contributed by atoms with Crippen molar-refractivity contribution in [1.82, 2.24) is 10.2 Å². The number of rotatable bonds is 7. The maximum atomic E-state index is 13.4. The van der Waals surface area contributed by atoms with Crippen LogP contribution in [0, 0.1) is 0 Å². The van der Waals surface area contributed by atoms with E-state index in [9.17, 15) is 4.79 Å². The molecule has 1 heterocycles. The second kappa shape index (κ2) is 9.45. The van der Waals surface area contributed by atoms with E-state index >= 15 is 0 Å². The minimum absolute atomic E-state index is 0.295. The van der Waals surface area contributed by atoms with Gasteiger partial charge in [-0.15, -0.1) is 0 Å². The third-order valence-corrected chi connectivity index (χ3v) is 5.90. The van der Waals surface area contributed by atoms with E-state index in [1.165, 1.54) is 0 Å². The molecule has 2 N–H and O–H groups in total. The molecule has 0 aliphatic carbocycles. The van der Waals surface area contributed by atoms with Gasteiger partial charge >= 0.3 is 0 Å². The van der Waals surface area contributed by atoms with Crippen LogP contribution in [0.4, 0.5) is 5.82 Å². The number of carbonyl (C=O) groups is 1. The van der Waals surface area contributed by atoms with Crippen LogP contribution >= 0.6 is 11.6 Å². The molecule has 5 aromatic rings. The number of carbonyl (C=O) groups excluding carboxylic acids is 1. The number of ether oxygens (including phenoxy) is 2. The lowest BCUT2D eigenvalue weighted by Crippen LogP contribution is -2.15. The monoisotopic (exact) mass is 471 g/mol. The molecule has 0 aliphatic heterocycles. The maximum absolute atomic E-state index is 13.4. The van der Waals surface area contributed by atoms with Gasteiger partial charge in [-0.1, -0.05) is 60.1 Å². The molecule has 1 amide bonds. The Bertz CT molecular complexity index is 1500. The molecular formula is C27H22ClN3O3. The van der Waals surface area contributed by atoms with E-state index in [2.05, 4.69) is 15.5 Å². The molecule has 34 heavy (non-hydrogen) atoms. The van der Waals surface area contributed by atoms with E-state index in [1.54, 1.807) is 0 Å². The number of benzene rings is 4. The van der Waals surface area contributed by atoms with Gasteiger partial charge in [0.2, 0.25) is 0 Å². The summed E-state index contributed by atoms with van der Waals surface area (Å²) >= 11 is 6.23. The first-order valence-electron chi connectivity index (χ1n) is 10.9. The van der Waals surface area contributed by atoms with Gasteiger partial charge in [-0.25, -0.2) is 0 Å². The molecule has 1 aromatic heterocycles. The van der Waals surface area contributed by atoms with E-state index in [0.29, 0.717) is 41.1 Å². The Hall–Kier alpha value is -4.03. The summed E-state index contributed by atoms with van der Waals surface area (Å²) in [5, 5.41) is 13.4. The number of anilines is 1. The van der Waals surface area contributed by atoms with Crippen LogP contribution in [0.5, 0.6) is 11.5 Å². The van der Waals surface area contributed by atoms with Crippen LogP contribution in [0.2, 0.25) is 5.02 Å². The zero-order valence-corrected chi connectivity index (χ0v) is 19.2. The quantitative estimate of drug-likeness (QED) is 0.280. The highest BCUT2D eigenvalue weighted by atomic mass is 35.5. The van der Waals surface area contributed by atoms with Crippen LogP contribution < -0.4 is 14.8 Å². The first-order valence-corrected chi connectivity index (χ1v) is 11.3. The van der Waals surface area contributed by atoms with E-state index < -0.39 is 0 Å². The maximum Gasteiger partial charge on any atom is 0.261 e. The second-order valence-corrected chi connectivity index (χ2v) is 8.11. The molecule has 170 valence electrons. The van der Waals surface area contributed by atoms with Crippen molar-refractivity contribution in [3.8, 4) is 11.5 Å². The Kier molecular flexibility index (Phi) is 6.06. The number of aromatic amines is 1. The number of aromatic nitrogens is 2. The summed E-state index contributed by atoms with van der Waals surface area (Å²) in [6.45, 7) is 2.68. The van der Waals surface area contributed by atoms with Gasteiger partial charge < -0.3 is 14.8 Å². The highest BCUT2D eigenvalue weighted by molar-refractivity contribution is 6.31. The summed E-state index contributed by atoms with van der Waals surface area (Å²) in [5.74, 6) is 1.29. The number of hydrogen-bond acceptors (Lipinski definition) is 4. The molecule has 7 heteroatoms. The summed E-state index contributed by atoms with van der Waals surface area (Å²) < 4.78 is 11.7. The zero-order chi connectivity index (χ0) is 23.5. The van der Waals surface area contributed by atoms with Gasteiger partial charge in [-0.3, -0.25) is 9.89 Å². The van der Waals surface area contributed by atoms with Gasteiger partial charge in [0.15, 0.2) is 5.82 Å². The molecule has 0 radical (unpaired) electrons. The smallest absolute Gasteiger partial charge is 0.261 e. The van der Waals surface area contributed by atoms with E-state index in [0.717, 1.165) is 27.2 Å². The summed E-state index contributed by atoms with van der Waals surface area (Å²) in [6.07, 6.45) is 0. The Morgan fingerprint density at radius 2 is 1.79 bits per heavy atom. The average Bonchev–Trinajstić information content (AvgIpc) is 3.25. The molecule has 6 nitrogen and oxygen atoms in total. The first kappa shape index (κ1) is 21.8. The lowest BCUT2D eigenvalue weighted by molar-refractivity contribution is 0.102. The number of nitrogens with one attached hydrogen (secondary N) is 2. The van der Waals surface area contributed by atoms with Crippen molar-refractivity contribution in [2.45, 2.75) is 13.5 Å². The standard InChI is InChI=1S/C27H22ClN3O3/c1-2-33-24-14-11-17-7-3-5-9-20(17)25(24)27(32)29-26-21-15-19(12-13-23(21)30-31-26)34-16-18-8-4-6-10-22(18)28/h3-15H,2,16H2,1H3,(H2,29,30,31,32). The Labute approximate surface area is 201 Å². The second-order valence-electron chi connectivity index (χ2n) is 7.71. The number of nitrogens with zero attached hydrogens (tertiary/aromatic N) is 1. The van der Waals surface area contributed by atoms with E-state index in [-0.39, 0.29) is 5.91 Å². The largest absolute Gasteiger partial charge is 0.493 e. The molecule has 0 spiro atoms. The lowest BCUT2D eigenvalue weighted by atomic mass is 10.0. The molecule has 0 saturated heterocycles. The van der Waals surface area contributed by atoms with Gasteiger partial charge in [0.05, 0.1) is 17.7 Å². The summed E-state index contributed by atoms with van der Waals surface area (Å²) in [7, 11) is 0. The van der Waals surface area contributed by atoms with Gasteiger partial charge in [-0.2, -0.15) is 5.10 Å². The van der Waals surface area contributed by atoms with Crippen molar-refractivity contribution in [2.24, 2.45) is 0 Å². The molecular weight excluding hydrogens is 450 g/mol. The van der Waals surface area contributed by atoms with Gasteiger partial charge in [0.1, 0.15) is 18.1 Å². The topological polar surface area (TPSA) is 76.2 Å². The number of halogens is 1. The highest BCUT2D eigenvalue weighted by Gasteiger charge is 2.19. The van der Waals surface area contributed by atoms with Crippen molar-refractivity contribution < 1.29 is 14.3 Å². The summed E-state index contributed by atoms with van der Waals surface area (Å²) in [4.78, 5) is 13.4. The molecule has 0 unspecified atom stereocenters. The van der Waals surface area contributed by atoms with E-state index in [4.69, 9.17) is 21.1 Å². The lowest BCUT2D eigenvalue weighted by Gasteiger charge is -2.13. The molecule has 0 aliphatic rings. The minimum atomic E-state index is -0.295. The number of amides is 1. The third-order valence-electron chi connectivity index (χ3n) is 5.54. The number of fused-ring (bicyclic) bond motifs is 2. The molecule has 0 bridgehead atoms. The van der Waals surface area contributed by atoms with Crippen LogP contribution in [0.15, 0.2) is 78.9 Å². The number of hydrogen-bond donors (Lipinski definition) is 2. The Balaban J connectivity index is 1.44. The van der Waals surface area contributed by atoms with Crippen LogP contribution in [0.1, 0.15) is 22.8 Å². The van der Waals surface area contributed by atoms with E-state index in [1.807, 2.05) is 85.8 Å². The minimum Gasteiger partial charge on any atom is -0.493 e. The molecule has 0 atom stereocenters. The predicted molar refractivity (Wildman–Crippen MR) is 135 cm³/mol. The van der Waals surface area contributed by atoms with Gasteiger partial charge in [0, 0.05) is 16.0 Å². The predicted octanol–water partition coefficient (Wildman–Crippen LogP) is 6.60. The van der Waals surface area contributed by atoms with Gasteiger partial charge in [-0.05, 0) is 48.0 Å². The van der Waals surface area contributed by atoms with Crippen molar-refractivity contribution in [3.05, 3.63) is 95.0 Å². The third kappa shape index (κ3) is 4.28. The van der Waals surface area contributed by atoms with Crippen LogP contribution in [-0.4, -0.2) is 22.7 Å². The Morgan fingerprint density at radius 3 is 2.65 bits per heavy atom. The van der Waals surface area contributed by atoms with Crippen molar-refractivity contribution >= 4 is 45.0 Å². The molecule has 0 fully saturated rings. The molecule has 5 rings (SSSR count). The molecule has 0 saturated carbocycles.